The molecule has 2 atom stereocenters. The van der Waals surface area contributed by atoms with Crippen LogP contribution in [0.2, 0.25) is 0 Å². The van der Waals surface area contributed by atoms with Gasteiger partial charge >= 0.3 is 25.6 Å². The normalized spacial score (nSPS) is 29.6. The quantitative estimate of drug-likeness (QED) is 0.490. The molecule has 4 saturated heterocycles. The second-order valence-corrected chi connectivity index (χ2v) is 9.26. The number of benzene rings is 1. The molecule has 13 nitrogen and oxygen atoms in total. The summed E-state index contributed by atoms with van der Waals surface area (Å²) in [6.07, 6.45) is -1.97. The van der Waals surface area contributed by atoms with Crippen molar-refractivity contribution >= 4 is 19.6 Å². The van der Waals surface area contributed by atoms with Gasteiger partial charge in [0.1, 0.15) is 11.5 Å². The molecule has 0 radical (unpaired) electrons. The van der Waals surface area contributed by atoms with E-state index in [1.165, 1.54) is 23.1 Å². The number of nitrogens with zero attached hydrogens (tertiary/aromatic N) is 6. The number of phosphoric ester groups is 1. The number of phosphoric acid groups is 1. The molecule has 1 amide bonds. The van der Waals surface area contributed by atoms with E-state index in [4.69, 9.17) is 18.3 Å². The molecule has 4 aliphatic heterocycles. The van der Waals surface area contributed by atoms with Gasteiger partial charge in [0.25, 0.3) is 6.36 Å². The zero-order chi connectivity index (χ0) is 24.6. The lowest BCUT2D eigenvalue weighted by molar-refractivity contribution is -0.305. The predicted molar refractivity (Wildman–Crippen MR) is 109 cm³/mol. The van der Waals surface area contributed by atoms with Crippen LogP contribution in [0.25, 0.3) is 22.6 Å². The summed E-state index contributed by atoms with van der Waals surface area (Å²) >= 11 is 0. The first-order valence-electron chi connectivity index (χ1n) is 10.3. The van der Waals surface area contributed by atoms with Crippen LogP contribution in [0.15, 0.2) is 36.5 Å². The molecule has 0 aliphatic carbocycles. The third-order valence-electron chi connectivity index (χ3n) is 5.58. The molecular formula is C19H15F2N6O7P. The molecule has 6 heterocycles. The van der Waals surface area contributed by atoms with Gasteiger partial charge in [-0.05, 0) is 35.9 Å². The van der Waals surface area contributed by atoms with E-state index in [2.05, 4.69) is 20.4 Å². The van der Waals surface area contributed by atoms with Gasteiger partial charge in [-0.3, -0.25) is 4.98 Å². The summed E-state index contributed by atoms with van der Waals surface area (Å²) in [4.78, 5) is 18.8. The Bertz CT molecular complexity index is 1390. The highest BCUT2D eigenvalue weighted by molar-refractivity contribution is 7.50. The van der Waals surface area contributed by atoms with E-state index in [0.29, 0.717) is 28.5 Å². The lowest BCUT2D eigenvalue weighted by atomic mass is 10.1. The zero-order valence-electron chi connectivity index (χ0n) is 17.7. The number of hydrogen-bond donors (Lipinski definition) is 1. The maximum Gasteiger partial charge on any atom is 0.487 e. The molecule has 1 N–H and O–H groups in total. The Morgan fingerprint density at radius 2 is 2.03 bits per heavy atom. The van der Waals surface area contributed by atoms with E-state index < -0.39 is 37.8 Å². The van der Waals surface area contributed by atoms with Gasteiger partial charge in [0, 0.05) is 17.3 Å². The van der Waals surface area contributed by atoms with Gasteiger partial charge in [-0.1, -0.05) is 13.0 Å². The number of pyridine rings is 1. The molecule has 3 aromatic rings. The minimum atomic E-state index is -4.23. The summed E-state index contributed by atoms with van der Waals surface area (Å²) in [5.74, 6) is -5.80. The van der Waals surface area contributed by atoms with E-state index in [1.807, 2.05) is 6.92 Å². The van der Waals surface area contributed by atoms with Gasteiger partial charge in [0.05, 0.1) is 12.2 Å². The number of ether oxygens (including phenoxy) is 1. The topological polar surface area (TPSA) is 151 Å². The molecule has 16 heteroatoms. The van der Waals surface area contributed by atoms with Gasteiger partial charge in [-0.25, -0.2) is 36.6 Å². The van der Waals surface area contributed by atoms with Gasteiger partial charge in [-0.2, -0.15) is 4.80 Å². The smallest absolute Gasteiger partial charge is 0.402 e. The van der Waals surface area contributed by atoms with Gasteiger partial charge in [-0.15, -0.1) is 10.2 Å². The van der Waals surface area contributed by atoms with Crippen molar-refractivity contribution in [1.29, 1.82) is 0 Å². The molecule has 0 unspecified atom stereocenters. The summed E-state index contributed by atoms with van der Waals surface area (Å²) in [6, 6.07) is 6.78. The third kappa shape index (κ3) is 2.99. The second-order valence-electron chi connectivity index (χ2n) is 7.81. The standard InChI is InChI=1S/C19H15F2N6O7P/c1-2-7-26-24-15(23-25-26)14-6-3-10(9-22-14)12-5-4-11(8-13(12)20)27-17(29)31-18(16(21)28)19(27)33-35(30,32-18)34-19/h3-6,8-9,16,28H,2,7H2,1H3/t16-,18-,19?,35?/m0/s1. The third-order valence-corrected chi connectivity index (χ3v) is 7.02. The number of aryl methyl sites for hydroxylation is 1. The number of anilines is 1. The molecule has 182 valence electrons. The minimum Gasteiger partial charge on any atom is -0.402 e. The van der Waals surface area contributed by atoms with E-state index in [-0.39, 0.29) is 11.3 Å². The average Bonchev–Trinajstić information content (AvgIpc) is 3.48. The van der Waals surface area contributed by atoms with Crippen molar-refractivity contribution < 1.29 is 41.6 Å². The molecule has 2 aromatic heterocycles. The van der Waals surface area contributed by atoms with Crippen molar-refractivity contribution in [3.63, 3.8) is 0 Å². The molecule has 0 saturated carbocycles. The highest BCUT2D eigenvalue weighted by Gasteiger charge is 2.92. The zero-order valence-corrected chi connectivity index (χ0v) is 18.6. The molecular weight excluding hydrogens is 493 g/mol. The maximum absolute atomic E-state index is 15.1. The fourth-order valence-electron chi connectivity index (χ4n) is 4.04. The van der Waals surface area contributed by atoms with Crippen LogP contribution in [-0.2, 0) is 29.4 Å². The monoisotopic (exact) mass is 508 g/mol. The van der Waals surface area contributed by atoms with Crippen LogP contribution in [0.5, 0.6) is 0 Å². The molecule has 7 rings (SSSR count). The van der Waals surface area contributed by atoms with Crippen molar-refractivity contribution in [2.45, 2.75) is 37.9 Å². The van der Waals surface area contributed by atoms with Gasteiger partial charge in [0.15, 0.2) is 0 Å². The summed E-state index contributed by atoms with van der Waals surface area (Å²) in [5, 5.41) is 21.6. The number of hydrogen-bond acceptors (Lipinski definition) is 11. The van der Waals surface area contributed by atoms with Crippen molar-refractivity contribution in [3.8, 4) is 22.6 Å². The van der Waals surface area contributed by atoms with Crippen molar-refractivity contribution in [3.05, 3.63) is 42.3 Å². The van der Waals surface area contributed by atoms with Crippen LogP contribution in [0.1, 0.15) is 13.3 Å². The van der Waals surface area contributed by atoms with Crippen LogP contribution in [-0.4, -0.2) is 54.4 Å². The Hall–Kier alpha value is -3.36. The molecule has 4 fully saturated rings. The summed E-state index contributed by atoms with van der Waals surface area (Å²) in [6.45, 7) is 2.59. The lowest BCUT2D eigenvalue weighted by Gasteiger charge is -2.38. The number of tetrazole rings is 1. The summed E-state index contributed by atoms with van der Waals surface area (Å²) in [7, 11) is -4.23. The van der Waals surface area contributed by atoms with Crippen LogP contribution >= 0.6 is 7.82 Å². The second kappa shape index (κ2) is 7.32. The van der Waals surface area contributed by atoms with Crippen molar-refractivity contribution in [2.75, 3.05) is 4.90 Å². The van der Waals surface area contributed by atoms with Crippen molar-refractivity contribution in [1.82, 2.24) is 25.2 Å². The molecule has 1 spiro atoms. The number of aliphatic hydroxyl groups excluding tert-OH is 1. The first-order chi connectivity index (χ1) is 16.7. The van der Waals surface area contributed by atoms with E-state index in [0.717, 1.165) is 12.5 Å². The number of carbonyl (C=O) groups is 1. The van der Waals surface area contributed by atoms with E-state index in [1.54, 1.807) is 12.1 Å². The Morgan fingerprint density at radius 3 is 2.69 bits per heavy atom. The number of rotatable bonds is 6. The van der Waals surface area contributed by atoms with Gasteiger partial charge < -0.3 is 9.84 Å². The Balaban J connectivity index is 1.29. The number of alkyl halides is 1. The molecule has 4 aliphatic rings. The Morgan fingerprint density at radius 1 is 1.23 bits per heavy atom. The predicted octanol–water partition coefficient (Wildman–Crippen LogP) is 2.73. The largest absolute Gasteiger partial charge is 0.487 e. The number of aliphatic hydroxyl groups is 1. The number of halogens is 2. The van der Waals surface area contributed by atoms with E-state index >= 15 is 4.39 Å². The first kappa shape index (κ1) is 22.1. The van der Waals surface area contributed by atoms with Crippen molar-refractivity contribution in [2.24, 2.45) is 0 Å². The lowest BCUT2D eigenvalue weighted by Crippen LogP contribution is -2.63. The number of aromatic nitrogens is 5. The minimum absolute atomic E-state index is 0.126. The van der Waals surface area contributed by atoms with Gasteiger partial charge in [0.2, 0.25) is 5.82 Å². The molecule has 35 heavy (non-hydrogen) atoms. The molecule has 1 aromatic carbocycles. The fraction of sp³-hybridized carbons (Fsp3) is 0.316. The molecule has 2 bridgehead atoms. The number of carbonyl (C=O) groups excluding carboxylic acids is 1. The first-order valence-corrected chi connectivity index (χ1v) is 11.8. The van der Waals surface area contributed by atoms with Crippen LogP contribution in [0.3, 0.4) is 0 Å². The summed E-state index contributed by atoms with van der Waals surface area (Å²) in [5.41, 5.74) is 0.787. The maximum atomic E-state index is 15.1. The summed E-state index contributed by atoms with van der Waals surface area (Å²) < 4.78 is 60.8. The Kier molecular flexibility index (Phi) is 4.63. The fourth-order valence-corrected chi connectivity index (χ4v) is 5.72. The van der Waals surface area contributed by atoms with Crippen LogP contribution < -0.4 is 4.90 Å². The highest BCUT2D eigenvalue weighted by atomic mass is 31.2. The number of amides is 1. The van der Waals surface area contributed by atoms with Crippen LogP contribution in [0.4, 0.5) is 19.3 Å². The Labute approximate surface area is 194 Å². The van der Waals surface area contributed by atoms with Crippen LogP contribution in [0, 0.1) is 5.82 Å². The average molecular weight is 508 g/mol. The SMILES string of the molecule is CCCn1nnc(-c2ccc(-c3ccc(N4C(=O)O[C@@]5([C@H](O)F)OP6(=O)OC45O6)cc3F)cn2)n1. The highest BCUT2D eigenvalue weighted by Crippen LogP contribution is 2.81. The van der Waals surface area contributed by atoms with E-state index in [9.17, 15) is 18.9 Å².